The number of allylic oxidation sites excluding steroid dienone is 3. The molecule has 2 aliphatic rings. The largest absolute Gasteiger partial charge is 0.354 e. The summed E-state index contributed by atoms with van der Waals surface area (Å²) in [6.45, 7) is 0. The monoisotopic (exact) mass is 586 g/mol. The van der Waals surface area contributed by atoms with Crippen LogP contribution in [-0.2, 0) is 0 Å². The molecule has 7 aromatic rings. The molecule has 3 atom stereocenters. The van der Waals surface area contributed by atoms with Crippen LogP contribution in [0.1, 0.15) is 23.7 Å². The zero-order valence-corrected chi connectivity index (χ0v) is 24.8. The van der Waals surface area contributed by atoms with Gasteiger partial charge < -0.3 is 9.88 Å². The van der Waals surface area contributed by atoms with Crippen LogP contribution in [0.5, 0.6) is 0 Å². The average Bonchev–Trinajstić information content (AvgIpc) is 3.65. The van der Waals surface area contributed by atoms with Gasteiger partial charge in [0.1, 0.15) is 12.0 Å². The second-order valence-corrected chi connectivity index (χ2v) is 12.7. The topological polar surface area (TPSA) is 41.4 Å². The van der Waals surface area contributed by atoms with Gasteiger partial charge in [-0.05, 0) is 36.2 Å². The van der Waals surface area contributed by atoms with Crippen molar-refractivity contribution < 1.29 is 0 Å². The Kier molecular flexibility index (Phi) is 6.00. The molecule has 2 aromatic heterocycles. The first-order valence-electron chi connectivity index (χ1n) is 15.2. The van der Waals surface area contributed by atoms with Crippen molar-refractivity contribution in [1.82, 2.24) is 15.2 Å². The van der Waals surface area contributed by atoms with Gasteiger partial charge in [-0.2, -0.15) is 0 Å². The molecule has 0 saturated heterocycles. The summed E-state index contributed by atoms with van der Waals surface area (Å²) in [5.74, 6) is 1.28. The molecule has 5 aromatic carbocycles. The molecule has 2 N–H and O–H groups in total. The predicted octanol–water partition coefficient (Wildman–Crippen LogP) is 9.25. The Labute approximate surface area is 259 Å². The molecule has 4 nitrogen and oxygen atoms in total. The molecule has 1 aliphatic carbocycles. The van der Waals surface area contributed by atoms with Crippen molar-refractivity contribution in [2.75, 3.05) is 0 Å². The predicted molar refractivity (Wildman–Crippen MR) is 186 cm³/mol. The minimum absolute atomic E-state index is 0.0761. The molecule has 0 spiro atoms. The van der Waals surface area contributed by atoms with Gasteiger partial charge in [0.15, 0.2) is 0 Å². The lowest BCUT2D eigenvalue weighted by Gasteiger charge is -2.35. The van der Waals surface area contributed by atoms with E-state index in [-0.39, 0.29) is 12.3 Å². The number of amidine groups is 1. The van der Waals surface area contributed by atoms with E-state index >= 15 is 0 Å². The van der Waals surface area contributed by atoms with Gasteiger partial charge in [0, 0.05) is 43.4 Å². The number of nitrogens with one attached hydrogen (secondary N) is 2. The van der Waals surface area contributed by atoms with Crippen LogP contribution in [0.4, 0.5) is 0 Å². The molecule has 0 saturated carbocycles. The van der Waals surface area contributed by atoms with Crippen LogP contribution >= 0.6 is 11.3 Å². The van der Waals surface area contributed by atoms with Gasteiger partial charge in [-0.25, -0.2) is 4.99 Å². The van der Waals surface area contributed by atoms with Crippen molar-refractivity contribution in [3.63, 3.8) is 0 Å². The van der Waals surface area contributed by atoms with E-state index in [9.17, 15) is 0 Å². The third-order valence-corrected chi connectivity index (χ3v) is 10.2. The van der Waals surface area contributed by atoms with E-state index in [1.54, 1.807) is 0 Å². The zero-order valence-electron chi connectivity index (χ0n) is 24.0. The normalized spacial score (nSPS) is 20.0. The van der Waals surface area contributed by atoms with Crippen molar-refractivity contribution in [3.8, 4) is 5.69 Å². The van der Waals surface area contributed by atoms with E-state index in [1.807, 2.05) is 11.3 Å². The molecule has 3 unspecified atom stereocenters. The van der Waals surface area contributed by atoms with E-state index in [4.69, 9.17) is 4.99 Å². The summed E-state index contributed by atoms with van der Waals surface area (Å²) in [6.07, 6.45) is 9.72. The van der Waals surface area contributed by atoms with Gasteiger partial charge in [0.05, 0.1) is 21.9 Å². The van der Waals surface area contributed by atoms with E-state index in [0.717, 1.165) is 29.1 Å². The maximum Gasteiger partial charge on any atom is 0.131 e. The van der Waals surface area contributed by atoms with Crippen molar-refractivity contribution in [2.24, 2.45) is 10.9 Å². The maximum absolute atomic E-state index is 5.17. The highest BCUT2D eigenvalue weighted by molar-refractivity contribution is 7.26. The van der Waals surface area contributed by atoms with Gasteiger partial charge in [0.2, 0.25) is 0 Å². The van der Waals surface area contributed by atoms with Crippen LogP contribution < -0.4 is 10.6 Å². The molecular formula is C39H30N4S. The van der Waals surface area contributed by atoms with Gasteiger partial charge >= 0.3 is 0 Å². The van der Waals surface area contributed by atoms with Crippen LogP contribution in [0, 0.1) is 5.92 Å². The van der Waals surface area contributed by atoms with Gasteiger partial charge in [0.25, 0.3) is 0 Å². The Balaban J connectivity index is 1.17. The number of aromatic nitrogens is 1. The van der Waals surface area contributed by atoms with Crippen molar-refractivity contribution >= 4 is 59.2 Å². The number of aliphatic imine (C=N–C) groups is 1. The Bertz CT molecular complexity index is 2270. The molecule has 0 bridgehead atoms. The molecule has 0 amide bonds. The smallest absolute Gasteiger partial charge is 0.131 e. The summed E-state index contributed by atoms with van der Waals surface area (Å²) >= 11 is 1.89. The highest BCUT2D eigenvalue weighted by Gasteiger charge is 2.29. The van der Waals surface area contributed by atoms with Gasteiger partial charge in [-0.3, -0.25) is 5.32 Å². The number of benzene rings is 5. The number of rotatable bonds is 4. The van der Waals surface area contributed by atoms with Gasteiger partial charge in [-0.15, -0.1) is 11.3 Å². The molecule has 0 radical (unpaired) electrons. The number of hydrogen-bond acceptors (Lipinski definition) is 4. The van der Waals surface area contributed by atoms with Crippen LogP contribution in [0.2, 0.25) is 0 Å². The fraction of sp³-hybridized carbons (Fsp3) is 0.103. The maximum atomic E-state index is 5.17. The number of para-hydroxylation sites is 1. The number of nitrogens with zero attached hydrogens (tertiary/aromatic N) is 2. The quantitative estimate of drug-likeness (QED) is 0.216. The average molecular weight is 587 g/mol. The third-order valence-electron chi connectivity index (χ3n) is 9.02. The Morgan fingerprint density at radius 3 is 2.32 bits per heavy atom. The first kappa shape index (κ1) is 25.5. The van der Waals surface area contributed by atoms with Crippen LogP contribution in [-0.4, -0.2) is 16.6 Å². The second-order valence-electron chi connectivity index (χ2n) is 11.6. The first-order valence-corrected chi connectivity index (χ1v) is 16.1. The minimum Gasteiger partial charge on any atom is -0.354 e. The van der Waals surface area contributed by atoms with Crippen molar-refractivity contribution in [2.45, 2.75) is 18.8 Å². The molecule has 5 heteroatoms. The Morgan fingerprint density at radius 1 is 0.705 bits per heavy atom. The molecule has 1 aliphatic heterocycles. The number of hydrogen-bond donors (Lipinski definition) is 2. The first-order chi connectivity index (χ1) is 21.8. The van der Waals surface area contributed by atoms with E-state index in [2.05, 4.69) is 155 Å². The fourth-order valence-corrected chi connectivity index (χ4v) is 8.11. The lowest BCUT2D eigenvalue weighted by molar-refractivity contribution is 0.328. The lowest BCUT2D eigenvalue weighted by atomic mass is 9.95. The third kappa shape index (κ3) is 4.12. The minimum atomic E-state index is -0.155. The summed E-state index contributed by atoms with van der Waals surface area (Å²) in [4.78, 5) is 5.17. The fourth-order valence-electron chi connectivity index (χ4n) is 6.87. The summed E-state index contributed by atoms with van der Waals surface area (Å²) < 4.78 is 5.10. The zero-order chi connectivity index (χ0) is 29.0. The van der Waals surface area contributed by atoms with Crippen molar-refractivity contribution in [3.05, 3.63) is 151 Å². The summed E-state index contributed by atoms with van der Waals surface area (Å²) in [6, 6.07) is 41.6. The molecule has 212 valence electrons. The Hall–Kier alpha value is -4.97. The van der Waals surface area contributed by atoms with Crippen LogP contribution in [0.3, 0.4) is 0 Å². The molecule has 0 fully saturated rings. The number of fused-ring (bicyclic) bond motifs is 7. The molecule has 9 rings (SSSR count). The highest BCUT2D eigenvalue weighted by Crippen LogP contribution is 2.43. The molecule has 3 heterocycles. The van der Waals surface area contributed by atoms with E-state index < -0.39 is 0 Å². The highest BCUT2D eigenvalue weighted by atomic mass is 32.1. The Morgan fingerprint density at radius 2 is 1.48 bits per heavy atom. The van der Waals surface area contributed by atoms with E-state index in [1.165, 1.54) is 42.0 Å². The second kappa shape index (κ2) is 10.3. The van der Waals surface area contributed by atoms with E-state index in [0.29, 0.717) is 5.92 Å². The van der Waals surface area contributed by atoms with Crippen molar-refractivity contribution in [1.29, 1.82) is 0 Å². The standard InChI is InChI=1S/C39H30N4S/c1-3-11-25(12-4-1)37-40-38(26-13-5-2-6-14-26)42-39(41-37)27-19-21-28(22-20-27)43-33-17-9-7-15-29(33)31-23-24-32-30-16-8-10-18-34(30)44-36(32)35(31)43/h1-13,15-24,26,38-39,42H,14H2,(H,40,41). The van der Waals surface area contributed by atoms with Crippen LogP contribution in [0.25, 0.3) is 47.7 Å². The SMILES string of the molecule is C1=CCC(C2NC(c3ccccc3)=NC(c3ccc(-n4c5ccccc5c5ccc6c7ccccc7sc6c54)cc3)N2)C=C1. The lowest BCUT2D eigenvalue weighted by Crippen LogP contribution is -2.54. The summed E-state index contributed by atoms with van der Waals surface area (Å²) in [7, 11) is 0. The summed E-state index contributed by atoms with van der Waals surface area (Å²) in [5.41, 5.74) is 5.91. The molecular weight excluding hydrogens is 557 g/mol. The molecule has 44 heavy (non-hydrogen) atoms. The van der Waals surface area contributed by atoms with Crippen LogP contribution in [0.15, 0.2) is 145 Å². The van der Waals surface area contributed by atoms with Gasteiger partial charge in [-0.1, -0.05) is 115 Å². The summed E-state index contributed by atoms with van der Waals surface area (Å²) in [5, 5.41) is 12.7. The number of thiophene rings is 1.